The molecule has 16 heavy (non-hydrogen) atoms. The molecule has 0 saturated heterocycles. The van der Waals surface area contributed by atoms with E-state index in [9.17, 15) is 9.59 Å². The first-order valence-corrected chi connectivity index (χ1v) is 5.10. The Morgan fingerprint density at radius 3 is 2.44 bits per heavy atom. The SMILES string of the molecule is CC(=O)NCC(CC(=O)O)c1ccccc1. The van der Waals surface area contributed by atoms with Gasteiger partial charge in [0.15, 0.2) is 0 Å². The average molecular weight is 221 g/mol. The Kier molecular flexibility index (Phi) is 4.51. The first-order chi connectivity index (χ1) is 7.59. The molecular weight excluding hydrogens is 206 g/mol. The van der Waals surface area contributed by atoms with Crippen molar-refractivity contribution in [2.45, 2.75) is 19.3 Å². The summed E-state index contributed by atoms with van der Waals surface area (Å²) in [6.07, 6.45) is 0.0181. The van der Waals surface area contributed by atoms with Gasteiger partial charge in [-0.25, -0.2) is 0 Å². The van der Waals surface area contributed by atoms with Crippen LogP contribution in [0.1, 0.15) is 24.8 Å². The summed E-state index contributed by atoms with van der Waals surface area (Å²) in [6.45, 7) is 1.77. The quantitative estimate of drug-likeness (QED) is 0.789. The number of carboxylic acids is 1. The lowest BCUT2D eigenvalue weighted by Gasteiger charge is -2.15. The second-order valence-electron chi connectivity index (χ2n) is 3.64. The van der Waals surface area contributed by atoms with E-state index in [0.717, 1.165) is 5.56 Å². The van der Waals surface area contributed by atoms with Gasteiger partial charge >= 0.3 is 5.97 Å². The molecule has 86 valence electrons. The standard InChI is InChI=1S/C12H15NO3/c1-9(14)13-8-11(7-12(15)16)10-5-3-2-4-6-10/h2-6,11H,7-8H2,1H3,(H,13,14)(H,15,16). The topological polar surface area (TPSA) is 66.4 Å². The second-order valence-corrected chi connectivity index (χ2v) is 3.64. The summed E-state index contributed by atoms with van der Waals surface area (Å²) < 4.78 is 0. The van der Waals surface area contributed by atoms with Gasteiger partial charge < -0.3 is 10.4 Å². The molecule has 0 spiro atoms. The summed E-state index contributed by atoms with van der Waals surface area (Å²) in [4.78, 5) is 21.5. The average Bonchev–Trinajstić information content (AvgIpc) is 2.25. The minimum absolute atomic E-state index is 0.0181. The second kappa shape index (κ2) is 5.90. The van der Waals surface area contributed by atoms with E-state index in [1.807, 2.05) is 30.3 Å². The third-order valence-corrected chi connectivity index (χ3v) is 2.29. The minimum atomic E-state index is -0.862. The maximum Gasteiger partial charge on any atom is 0.304 e. The van der Waals surface area contributed by atoms with Gasteiger partial charge in [0, 0.05) is 19.4 Å². The predicted octanol–water partition coefficient (Wildman–Crippen LogP) is 1.38. The molecule has 1 amide bonds. The highest BCUT2D eigenvalue weighted by molar-refractivity contribution is 5.73. The highest BCUT2D eigenvalue weighted by Crippen LogP contribution is 2.18. The number of aliphatic carboxylic acids is 1. The Bertz CT molecular complexity index is 362. The highest BCUT2D eigenvalue weighted by Gasteiger charge is 2.15. The molecule has 0 heterocycles. The monoisotopic (exact) mass is 221 g/mol. The molecule has 0 aliphatic carbocycles. The van der Waals surface area contributed by atoms with Crippen LogP contribution in [-0.2, 0) is 9.59 Å². The van der Waals surface area contributed by atoms with Crippen LogP contribution in [-0.4, -0.2) is 23.5 Å². The van der Waals surface area contributed by atoms with E-state index in [0.29, 0.717) is 6.54 Å². The van der Waals surface area contributed by atoms with E-state index in [2.05, 4.69) is 5.32 Å². The Balaban J connectivity index is 2.71. The van der Waals surface area contributed by atoms with Gasteiger partial charge in [-0.05, 0) is 5.56 Å². The van der Waals surface area contributed by atoms with Gasteiger partial charge in [-0.1, -0.05) is 30.3 Å². The van der Waals surface area contributed by atoms with Crippen LogP contribution in [0.4, 0.5) is 0 Å². The van der Waals surface area contributed by atoms with E-state index in [1.165, 1.54) is 6.92 Å². The van der Waals surface area contributed by atoms with Crippen molar-refractivity contribution < 1.29 is 14.7 Å². The van der Waals surface area contributed by atoms with Crippen LogP contribution in [0.25, 0.3) is 0 Å². The third kappa shape index (κ3) is 4.13. The van der Waals surface area contributed by atoms with Gasteiger partial charge in [0.05, 0.1) is 6.42 Å². The van der Waals surface area contributed by atoms with Gasteiger partial charge in [0.1, 0.15) is 0 Å². The van der Waals surface area contributed by atoms with E-state index < -0.39 is 5.97 Å². The van der Waals surface area contributed by atoms with Crippen molar-refractivity contribution in [3.63, 3.8) is 0 Å². The molecule has 0 saturated carbocycles. The van der Waals surface area contributed by atoms with Crippen LogP contribution in [0.5, 0.6) is 0 Å². The number of carboxylic acid groups (broad SMARTS) is 1. The van der Waals surface area contributed by atoms with Crippen molar-refractivity contribution in [2.75, 3.05) is 6.54 Å². The fourth-order valence-corrected chi connectivity index (χ4v) is 1.51. The summed E-state index contributed by atoms with van der Waals surface area (Å²) in [6, 6.07) is 9.33. The molecular formula is C12H15NO3. The van der Waals surface area contributed by atoms with E-state index in [1.54, 1.807) is 0 Å². The summed E-state index contributed by atoms with van der Waals surface area (Å²) in [7, 11) is 0. The molecule has 1 aromatic carbocycles. The Morgan fingerprint density at radius 2 is 1.94 bits per heavy atom. The van der Waals surface area contributed by atoms with Crippen molar-refractivity contribution in [3.8, 4) is 0 Å². The zero-order chi connectivity index (χ0) is 12.0. The number of hydrogen-bond acceptors (Lipinski definition) is 2. The molecule has 0 fully saturated rings. The molecule has 2 N–H and O–H groups in total. The number of carbonyl (C=O) groups excluding carboxylic acids is 1. The molecule has 1 atom stereocenters. The summed E-state index contributed by atoms with van der Waals surface area (Å²) in [5, 5.41) is 11.4. The molecule has 0 radical (unpaired) electrons. The van der Waals surface area contributed by atoms with Crippen LogP contribution < -0.4 is 5.32 Å². The van der Waals surface area contributed by atoms with E-state index >= 15 is 0 Å². The lowest BCUT2D eigenvalue weighted by molar-refractivity contribution is -0.137. The summed E-state index contributed by atoms with van der Waals surface area (Å²) in [5.41, 5.74) is 0.929. The predicted molar refractivity (Wildman–Crippen MR) is 60.1 cm³/mol. The van der Waals surface area contributed by atoms with Crippen LogP contribution in [0.15, 0.2) is 30.3 Å². The number of benzene rings is 1. The van der Waals surface area contributed by atoms with Crippen molar-refractivity contribution in [1.82, 2.24) is 5.32 Å². The molecule has 4 nitrogen and oxygen atoms in total. The minimum Gasteiger partial charge on any atom is -0.481 e. The Hall–Kier alpha value is -1.84. The third-order valence-electron chi connectivity index (χ3n) is 2.29. The first kappa shape index (κ1) is 12.2. The normalized spacial score (nSPS) is 11.8. The Labute approximate surface area is 94.3 Å². The lowest BCUT2D eigenvalue weighted by atomic mass is 9.96. The number of amides is 1. The smallest absolute Gasteiger partial charge is 0.304 e. The molecule has 1 rings (SSSR count). The fraction of sp³-hybridized carbons (Fsp3) is 0.333. The molecule has 0 aliphatic rings. The van der Waals surface area contributed by atoms with Gasteiger partial charge in [-0.3, -0.25) is 9.59 Å². The molecule has 0 aromatic heterocycles. The zero-order valence-electron chi connectivity index (χ0n) is 9.14. The number of nitrogens with one attached hydrogen (secondary N) is 1. The van der Waals surface area contributed by atoms with Crippen molar-refractivity contribution in [1.29, 1.82) is 0 Å². The van der Waals surface area contributed by atoms with Crippen molar-refractivity contribution in [3.05, 3.63) is 35.9 Å². The molecule has 1 unspecified atom stereocenters. The molecule has 0 aliphatic heterocycles. The lowest BCUT2D eigenvalue weighted by Crippen LogP contribution is -2.27. The van der Waals surface area contributed by atoms with Gasteiger partial charge in [0.25, 0.3) is 0 Å². The number of hydrogen-bond donors (Lipinski definition) is 2. The number of rotatable bonds is 5. The van der Waals surface area contributed by atoms with E-state index in [-0.39, 0.29) is 18.2 Å². The van der Waals surface area contributed by atoms with Crippen LogP contribution in [0, 0.1) is 0 Å². The number of carbonyl (C=O) groups is 2. The highest BCUT2D eigenvalue weighted by atomic mass is 16.4. The maximum atomic E-state index is 10.8. The van der Waals surface area contributed by atoms with Gasteiger partial charge in [-0.2, -0.15) is 0 Å². The van der Waals surface area contributed by atoms with Crippen molar-refractivity contribution in [2.24, 2.45) is 0 Å². The molecule has 0 bridgehead atoms. The summed E-state index contributed by atoms with van der Waals surface area (Å²) >= 11 is 0. The first-order valence-electron chi connectivity index (χ1n) is 5.10. The largest absolute Gasteiger partial charge is 0.481 e. The Morgan fingerprint density at radius 1 is 1.31 bits per heavy atom. The summed E-state index contributed by atoms with van der Waals surface area (Å²) in [5.74, 6) is -1.19. The molecule has 4 heteroatoms. The maximum absolute atomic E-state index is 10.8. The van der Waals surface area contributed by atoms with Crippen LogP contribution in [0.3, 0.4) is 0 Å². The molecule has 1 aromatic rings. The van der Waals surface area contributed by atoms with Crippen LogP contribution >= 0.6 is 0 Å². The van der Waals surface area contributed by atoms with Gasteiger partial charge in [-0.15, -0.1) is 0 Å². The zero-order valence-corrected chi connectivity index (χ0v) is 9.14. The fourth-order valence-electron chi connectivity index (χ4n) is 1.51. The van der Waals surface area contributed by atoms with E-state index in [4.69, 9.17) is 5.11 Å². The van der Waals surface area contributed by atoms with Crippen molar-refractivity contribution >= 4 is 11.9 Å². The van der Waals surface area contributed by atoms with Crippen LogP contribution in [0.2, 0.25) is 0 Å². The van der Waals surface area contributed by atoms with Gasteiger partial charge in [0.2, 0.25) is 5.91 Å².